The third-order valence-corrected chi connectivity index (χ3v) is 9.60. The molecule has 0 aliphatic carbocycles. The van der Waals surface area contributed by atoms with Crippen LogP contribution in [0.5, 0.6) is 0 Å². The molecule has 2 fully saturated rings. The minimum absolute atomic E-state index is 0.0502. The van der Waals surface area contributed by atoms with Crippen molar-refractivity contribution in [1.29, 1.82) is 0 Å². The first kappa shape index (κ1) is 29.6. The van der Waals surface area contributed by atoms with Crippen LogP contribution in [0.25, 0.3) is 0 Å². The van der Waals surface area contributed by atoms with Crippen LogP contribution in [-0.4, -0.2) is 104 Å². The number of hydrogen-bond donors (Lipinski definition) is 0. The van der Waals surface area contributed by atoms with E-state index in [2.05, 4.69) is 27.7 Å². The zero-order valence-corrected chi connectivity index (χ0v) is 25.0. The molecule has 2 heterocycles. The average molecular weight is 547 g/mol. The normalized spacial score (nSPS) is 17.7. The van der Waals surface area contributed by atoms with Crippen molar-refractivity contribution in [2.24, 2.45) is 10.8 Å². The Morgan fingerprint density at radius 1 is 0.706 bits per heavy atom. The van der Waals surface area contributed by atoms with E-state index in [4.69, 9.17) is 24.4 Å². The van der Waals surface area contributed by atoms with Crippen LogP contribution in [0, 0.1) is 10.8 Å². The maximum absolute atomic E-state index is 12.3. The summed E-state index contributed by atoms with van der Waals surface area (Å²) in [6.07, 6.45) is 2.12. The summed E-state index contributed by atoms with van der Waals surface area (Å²) in [7, 11) is 0. The lowest BCUT2D eigenvalue weighted by atomic mass is 9.89. The van der Waals surface area contributed by atoms with Gasteiger partial charge in [-0.25, -0.2) is 0 Å². The number of amides is 2. The van der Waals surface area contributed by atoms with Gasteiger partial charge in [-0.1, -0.05) is 27.7 Å². The molecule has 0 radical (unpaired) electrons. The fourth-order valence-electron chi connectivity index (χ4n) is 4.03. The molecule has 0 spiro atoms. The molecule has 0 unspecified atom stereocenters. The van der Waals surface area contributed by atoms with Crippen molar-refractivity contribution in [3.63, 3.8) is 0 Å². The van der Waals surface area contributed by atoms with Gasteiger partial charge in [0.1, 0.15) is 0 Å². The van der Waals surface area contributed by atoms with Crippen molar-refractivity contribution >= 4 is 70.0 Å². The zero-order valence-electron chi connectivity index (χ0n) is 21.7. The highest BCUT2D eigenvalue weighted by Gasteiger charge is 2.36. The number of nitrogens with zero attached hydrogens (tertiary/aromatic N) is 4. The number of rotatable bonds is 15. The molecule has 194 valence electrons. The lowest BCUT2D eigenvalue weighted by Crippen LogP contribution is -2.40. The Morgan fingerprint density at radius 2 is 1.06 bits per heavy atom. The Hall–Kier alpha value is -0.580. The van der Waals surface area contributed by atoms with Crippen LogP contribution in [0.1, 0.15) is 54.4 Å². The second-order valence-corrected chi connectivity index (χ2v) is 13.8. The molecular formula is C24H42N4O2S4. The van der Waals surface area contributed by atoms with Crippen molar-refractivity contribution in [3.05, 3.63) is 0 Å². The van der Waals surface area contributed by atoms with E-state index in [-0.39, 0.29) is 22.6 Å². The Balaban J connectivity index is 1.59. The first-order valence-electron chi connectivity index (χ1n) is 12.2. The third kappa shape index (κ3) is 8.52. The monoisotopic (exact) mass is 546 g/mol. The average Bonchev–Trinajstić information content (AvgIpc) is 3.19. The number of hydrogen-bond acceptors (Lipinski definition) is 6. The molecule has 2 aliphatic heterocycles. The van der Waals surface area contributed by atoms with Gasteiger partial charge in [-0.05, 0) is 73.5 Å². The van der Waals surface area contributed by atoms with Crippen molar-refractivity contribution in [2.75, 3.05) is 62.3 Å². The molecule has 2 saturated heterocycles. The molecule has 2 rings (SSSR count). The van der Waals surface area contributed by atoms with Gasteiger partial charge in [0, 0.05) is 37.7 Å². The van der Waals surface area contributed by atoms with Gasteiger partial charge in [0.05, 0.1) is 13.1 Å². The van der Waals surface area contributed by atoms with Gasteiger partial charge in [-0.2, -0.15) is 23.5 Å². The topological polar surface area (TPSA) is 47.1 Å². The molecule has 0 atom stereocenters. The van der Waals surface area contributed by atoms with Crippen LogP contribution >= 0.6 is 48.0 Å². The van der Waals surface area contributed by atoms with E-state index in [1.807, 2.05) is 47.2 Å². The highest BCUT2D eigenvalue weighted by molar-refractivity contribution is 8.02. The van der Waals surface area contributed by atoms with E-state index in [0.717, 1.165) is 48.9 Å². The second kappa shape index (κ2) is 13.1. The van der Waals surface area contributed by atoms with Crippen molar-refractivity contribution in [3.8, 4) is 0 Å². The molecule has 0 bridgehead atoms. The minimum Gasteiger partial charge on any atom is -0.340 e. The smallest absolute Gasteiger partial charge is 0.248 e. The van der Waals surface area contributed by atoms with E-state index in [1.54, 1.807) is 9.80 Å². The van der Waals surface area contributed by atoms with Crippen molar-refractivity contribution < 1.29 is 9.59 Å². The summed E-state index contributed by atoms with van der Waals surface area (Å²) in [4.78, 5) is 32.1. The van der Waals surface area contributed by atoms with Gasteiger partial charge in [0.15, 0.2) is 10.2 Å². The summed E-state index contributed by atoms with van der Waals surface area (Å²) in [5.41, 5.74) is 0.100. The van der Waals surface area contributed by atoms with E-state index in [1.165, 1.54) is 0 Å². The molecule has 0 aromatic carbocycles. The molecule has 0 saturated carbocycles. The summed E-state index contributed by atoms with van der Waals surface area (Å²) >= 11 is 14.9. The van der Waals surface area contributed by atoms with Crippen LogP contribution in [0.3, 0.4) is 0 Å². The summed E-state index contributed by atoms with van der Waals surface area (Å²) < 4.78 is 0. The molecular weight excluding hydrogens is 505 g/mol. The SMILES string of the molecule is CCN1CC(=O)N(CC(C)(C)CCSCCSCCC(C)(C)CN2C(=O)CN(CC)C2=S)C1=S. The Morgan fingerprint density at radius 3 is 1.35 bits per heavy atom. The standard InChI is InChI=1S/C24H42N4O2S4/c1-7-25-15-19(29)27(21(25)31)17-23(3,4)9-11-33-13-14-34-12-10-24(5,6)18-28-20(30)16-26(8-2)22(28)32/h7-18H2,1-6H3. The summed E-state index contributed by atoms with van der Waals surface area (Å²) in [6, 6.07) is 0. The van der Waals surface area contributed by atoms with Crippen LogP contribution in [-0.2, 0) is 9.59 Å². The predicted molar refractivity (Wildman–Crippen MR) is 155 cm³/mol. The molecule has 2 amide bonds. The third-order valence-electron chi connectivity index (χ3n) is 6.41. The summed E-state index contributed by atoms with van der Waals surface area (Å²) in [5, 5.41) is 1.37. The van der Waals surface area contributed by atoms with Gasteiger partial charge in [0.25, 0.3) is 0 Å². The predicted octanol–water partition coefficient (Wildman–Crippen LogP) is 4.18. The Bertz CT molecular complexity index is 697. The van der Waals surface area contributed by atoms with Gasteiger partial charge >= 0.3 is 0 Å². The van der Waals surface area contributed by atoms with E-state index < -0.39 is 0 Å². The number of thioether (sulfide) groups is 2. The first-order valence-corrected chi connectivity index (χ1v) is 15.4. The van der Waals surface area contributed by atoms with Crippen LogP contribution in [0.15, 0.2) is 0 Å². The van der Waals surface area contributed by atoms with Gasteiger partial charge in [-0.3, -0.25) is 19.4 Å². The van der Waals surface area contributed by atoms with Crippen molar-refractivity contribution in [1.82, 2.24) is 19.6 Å². The summed E-state index contributed by atoms with van der Waals surface area (Å²) in [6.45, 7) is 16.8. The quantitative estimate of drug-likeness (QED) is 0.224. The highest BCUT2D eigenvalue weighted by Crippen LogP contribution is 2.28. The fourth-order valence-corrected chi connectivity index (χ4v) is 7.49. The lowest BCUT2D eigenvalue weighted by Gasteiger charge is -2.30. The van der Waals surface area contributed by atoms with Gasteiger partial charge < -0.3 is 9.80 Å². The molecule has 0 N–H and O–H groups in total. The second-order valence-electron chi connectivity index (χ2n) is 10.6. The number of carbonyl (C=O) groups is 2. The Kier molecular flexibility index (Phi) is 11.4. The van der Waals surface area contributed by atoms with Crippen LogP contribution in [0.4, 0.5) is 0 Å². The Labute approximate surface area is 225 Å². The molecule has 6 nitrogen and oxygen atoms in total. The van der Waals surface area contributed by atoms with Crippen LogP contribution < -0.4 is 0 Å². The maximum Gasteiger partial charge on any atom is 0.248 e. The van der Waals surface area contributed by atoms with Gasteiger partial charge in [0.2, 0.25) is 11.8 Å². The van der Waals surface area contributed by atoms with Gasteiger partial charge in [-0.15, -0.1) is 0 Å². The maximum atomic E-state index is 12.3. The lowest BCUT2D eigenvalue weighted by molar-refractivity contribution is -0.126. The number of thiocarbonyl (C=S) groups is 2. The highest BCUT2D eigenvalue weighted by atomic mass is 32.2. The van der Waals surface area contributed by atoms with Crippen molar-refractivity contribution in [2.45, 2.75) is 54.4 Å². The van der Waals surface area contributed by atoms with Crippen LogP contribution in [0.2, 0.25) is 0 Å². The summed E-state index contributed by atoms with van der Waals surface area (Å²) in [5.74, 6) is 4.70. The largest absolute Gasteiger partial charge is 0.340 e. The number of likely N-dealkylation sites (N-methyl/N-ethyl adjacent to an activating group) is 2. The molecule has 34 heavy (non-hydrogen) atoms. The molecule has 10 heteroatoms. The van der Waals surface area contributed by atoms with E-state index >= 15 is 0 Å². The molecule has 0 aromatic rings. The number of carbonyl (C=O) groups excluding carboxylic acids is 2. The zero-order chi connectivity index (χ0) is 25.5. The fraction of sp³-hybridized carbons (Fsp3) is 0.833. The van der Waals surface area contributed by atoms with E-state index in [9.17, 15) is 9.59 Å². The first-order chi connectivity index (χ1) is 15.9. The molecule has 2 aliphatic rings. The van der Waals surface area contributed by atoms with E-state index in [0.29, 0.717) is 36.4 Å². The molecule has 0 aromatic heterocycles. The minimum atomic E-state index is 0.0502.